The lowest BCUT2D eigenvalue weighted by molar-refractivity contribution is 0.392. The van der Waals surface area contributed by atoms with Crippen LogP contribution in [0.3, 0.4) is 0 Å². The second kappa shape index (κ2) is 7.13. The van der Waals surface area contributed by atoms with E-state index in [9.17, 15) is 0 Å². The third-order valence-electron chi connectivity index (χ3n) is 2.96. The lowest BCUT2D eigenvalue weighted by Gasteiger charge is -2.13. The fourth-order valence-electron chi connectivity index (χ4n) is 1.85. The molecular weight excluding hydrogens is 288 g/mol. The van der Waals surface area contributed by atoms with Crippen molar-refractivity contribution in [1.29, 1.82) is 0 Å². The Morgan fingerprint density at radius 1 is 0.619 bits per heavy atom. The molecule has 0 atom stereocenters. The van der Waals surface area contributed by atoms with Crippen molar-refractivity contribution in [3.63, 3.8) is 0 Å². The molecule has 0 spiro atoms. The molecule has 0 fully saturated rings. The maximum atomic E-state index is 5.40. The van der Waals surface area contributed by atoms with Gasteiger partial charge in [0.15, 0.2) is 0 Å². The van der Waals surface area contributed by atoms with Gasteiger partial charge in [0.1, 0.15) is 23.0 Å². The van der Waals surface area contributed by atoms with Gasteiger partial charge in [-0.1, -0.05) is 11.8 Å². The van der Waals surface area contributed by atoms with Crippen molar-refractivity contribution < 1.29 is 18.9 Å². The van der Waals surface area contributed by atoms with E-state index in [1.165, 1.54) is 11.8 Å². The average molecular weight is 306 g/mol. The Balaban J connectivity index is 2.40. The van der Waals surface area contributed by atoms with Crippen molar-refractivity contribution in [2.75, 3.05) is 28.4 Å². The normalized spacial score (nSPS) is 10.1. The summed E-state index contributed by atoms with van der Waals surface area (Å²) in [6, 6.07) is 11.4. The van der Waals surface area contributed by atoms with Crippen LogP contribution < -0.4 is 18.9 Å². The quantitative estimate of drug-likeness (QED) is 0.809. The van der Waals surface area contributed by atoms with Crippen molar-refractivity contribution in [1.82, 2.24) is 0 Å². The van der Waals surface area contributed by atoms with E-state index in [-0.39, 0.29) is 0 Å². The van der Waals surface area contributed by atoms with Crippen molar-refractivity contribution in [2.24, 2.45) is 0 Å². The monoisotopic (exact) mass is 306 g/mol. The molecule has 2 rings (SSSR count). The maximum absolute atomic E-state index is 5.40. The van der Waals surface area contributed by atoms with E-state index in [4.69, 9.17) is 18.9 Å². The molecule has 4 nitrogen and oxygen atoms in total. The Bertz CT molecular complexity index is 560. The van der Waals surface area contributed by atoms with Crippen LogP contribution in [0, 0.1) is 0 Å². The molecule has 5 heteroatoms. The number of ether oxygens (including phenoxy) is 4. The molecule has 0 heterocycles. The van der Waals surface area contributed by atoms with Crippen LogP contribution in [-0.2, 0) is 0 Å². The Kier molecular flexibility index (Phi) is 5.22. The van der Waals surface area contributed by atoms with Crippen LogP contribution in [0.2, 0.25) is 0 Å². The lowest BCUT2D eigenvalue weighted by Crippen LogP contribution is -1.91. The Morgan fingerprint density at radius 2 is 1.05 bits per heavy atom. The summed E-state index contributed by atoms with van der Waals surface area (Å²) in [5, 5.41) is 0. The number of methoxy groups -OCH3 is 4. The van der Waals surface area contributed by atoms with Gasteiger partial charge in [0, 0.05) is 0 Å². The fraction of sp³-hybridized carbons (Fsp3) is 0.250. The molecule has 0 bridgehead atoms. The molecule has 0 aliphatic heterocycles. The van der Waals surface area contributed by atoms with Crippen molar-refractivity contribution in [3.8, 4) is 23.0 Å². The van der Waals surface area contributed by atoms with Gasteiger partial charge in [-0.05, 0) is 36.4 Å². The van der Waals surface area contributed by atoms with Crippen molar-refractivity contribution in [3.05, 3.63) is 36.4 Å². The van der Waals surface area contributed by atoms with E-state index >= 15 is 0 Å². The van der Waals surface area contributed by atoms with E-state index in [1.807, 2.05) is 36.4 Å². The molecule has 0 aliphatic carbocycles. The van der Waals surface area contributed by atoms with Gasteiger partial charge >= 0.3 is 0 Å². The molecule has 0 amide bonds. The first-order valence-electron chi connectivity index (χ1n) is 6.33. The van der Waals surface area contributed by atoms with E-state index in [1.54, 1.807) is 28.4 Å². The van der Waals surface area contributed by atoms with Crippen LogP contribution in [0.25, 0.3) is 0 Å². The maximum Gasteiger partial charge on any atom is 0.133 e. The highest BCUT2D eigenvalue weighted by molar-refractivity contribution is 7.99. The zero-order valence-corrected chi connectivity index (χ0v) is 13.3. The first-order valence-corrected chi connectivity index (χ1v) is 7.15. The molecule has 0 saturated heterocycles. The molecule has 0 unspecified atom stereocenters. The summed E-state index contributed by atoms with van der Waals surface area (Å²) < 4.78 is 21.3. The topological polar surface area (TPSA) is 36.9 Å². The molecule has 2 aromatic rings. The van der Waals surface area contributed by atoms with Gasteiger partial charge in [0.2, 0.25) is 0 Å². The van der Waals surface area contributed by atoms with Gasteiger partial charge in [-0.3, -0.25) is 0 Å². The van der Waals surface area contributed by atoms with Crippen LogP contribution in [0.5, 0.6) is 23.0 Å². The second-order valence-corrected chi connectivity index (χ2v) is 5.22. The first-order chi connectivity index (χ1) is 10.2. The van der Waals surface area contributed by atoms with E-state index < -0.39 is 0 Å². The molecule has 2 aromatic carbocycles. The summed E-state index contributed by atoms with van der Waals surface area (Å²) in [5.74, 6) is 3.12. The van der Waals surface area contributed by atoms with Gasteiger partial charge in [0.25, 0.3) is 0 Å². The Morgan fingerprint density at radius 3 is 1.38 bits per heavy atom. The molecule has 112 valence electrons. The minimum absolute atomic E-state index is 0.778. The smallest absolute Gasteiger partial charge is 0.133 e. The van der Waals surface area contributed by atoms with Gasteiger partial charge in [-0.25, -0.2) is 0 Å². The molecule has 0 N–H and O–H groups in total. The van der Waals surface area contributed by atoms with Crippen molar-refractivity contribution in [2.45, 2.75) is 9.79 Å². The van der Waals surface area contributed by atoms with Crippen LogP contribution in [0.1, 0.15) is 0 Å². The van der Waals surface area contributed by atoms with Crippen LogP contribution >= 0.6 is 11.8 Å². The highest BCUT2D eigenvalue weighted by Crippen LogP contribution is 2.42. The molecule has 0 aromatic heterocycles. The number of rotatable bonds is 6. The highest BCUT2D eigenvalue weighted by Gasteiger charge is 2.12. The predicted molar refractivity (Wildman–Crippen MR) is 83.2 cm³/mol. The number of hydrogen-bond acceptors (Lipinski definition) is 5. The largest absolute Gasteiger partial charge is 0.497 e. The zero-order valence-electron chi connectivity index (χ0n) is 12.5. The summed E-state index contributed by atoms with van der Waals surface area (Å²) in [4.78, 5) is 1.90. The first kappa shape index (κ1) is 15.4. The Labute approximate surface area is 129 Å². The standard InChI is InChI=1S/C16H18O4S/c1-17-11-5-7-13(19-3)15(9-11)21-16-10-12(18-2)6-8-14(16)20-4/h5-10H,1-4H3. The second-order valence-electron chi connectivity index (χ2n) is 4.14. The van der Waals surface area contributed by atoms with Crippen LogP contribution in [0.15, 0.2) is 46.2 Å². The average Bonchev–Trinajstić information content (AvgIpc) is 2.54. The molecular formula is C16H18O4S. The van der Waals surface area contributed by atoms with Crippen LogP contribution in [-0.4, -0.2) is 28.4 Å². The van der Waals surface area contributed by atoms with E-state index in [2.05, 4.69) is 0 Å². The van der Waals surface area contributed by atoms with Crippen LogP contribution in [0.4, 0.5) is 0 Å². The van der Waals surface area contributed by atoms with E-state index in [0.717, 1.165) is 32.8 Å². The summed E-state index contributed by atoms with van der Waals surface area (Å²) in [6.45, 7) is 0. The molecule has 0 saturated carbocycles. The Hall–Kier alpha value is -2.01. The van der Waals surface area contributed by atoms with Gasteiger partial charge < -0.3 is 18.9 Å². The highest BCUT2D eigenvalue weighted by atomic mass is 32.2. The minimum Gasteiger partial charge on any atom is -0.497 e. The lowest BCUT2D eigenvalue weighted by atomic mass is 10.3. The van der Waals surface area contributed by atoms with Gasteiger partial charge in [-0.15, -0.1) is 0 Å². The summed E-state index contributed by atoms with van der Waals surface area (Å²) in [6.07, 6.45) is 0. The summed E-state index contributed by atoms with van der Waals surface area (Å²) >= 11 is 1.54. The van der Waals surface area contributed by atoms with Crippen molar-refractivity contribution >= 4 is 11.8 Å². The fourth-order valence-corrected chi connectivity index (χ4v) is 2.94. The molecule has 0 aliphatic rings. The van der Waals surface area contributed by atoms with E-state index in [0.29, 0.717) is 0 Å². The molecule has 0 radical (unpaired) electrons. The predicted octanol–water partition coefficient (Wildman–Crippen LogP) is 3.87. The SMILES string of the molecule is COc1ccc(OC)c(Sc2cc(OC)ccc2OC)c1. The minimum atomic E-state index is 0.778. The number of benzene rings is 2. The summed E-state index contributed by atoms with van der Waals surface area (Å²) in [5.41, 5.74) is 0. The summed E-state index contributed by atoms with van der Waals surface area (Å²) in [7, 11) is 6.58. The van der Waals surface area contributed by atoms with Gasteiger partial charge in [-0.2, -0.15) is 0 Å². The zero-order chi connectivity index (χ0) is 15.2. The number of hydrogen-bond donors (Lipinski definition) is 0. The van der Waals surface area contributed by atoms with Gasteiger partial charge in [0.05, 0.1) is 38.2 Å². The third kappa shape index (κ3) is 3.55. The molecule has 21 heavy (non-hydrogen) atoms. The third-order valence-corrected chi connectivity index (χ3v) is 4.04.